The van der Waals surface area contributed by atoms with Gasteiger partial charge in [-0.1, -0.05) is 43.7 Å². The van der Waals surface area contributed by atoms with Crippen LogP contribution in [0.15, 0.2) is 54.7 Å². The molecule has 35 heavy (non-hydrogen) atoms. The van der Waals surface area contributed by atoms with E-state index < -0.39 is 12.5 Å². The van der Waals surface area contributed by atoms with E-state index in [0.717, 1.165) is 16.9 Å². The maximum atomic E-state index is 13.4. The summed E-state index contributed by atoms with van der Waals surface area (Å²) in [5.41, 5.74) is 3.47. The van der Waals surface area contributed by atoms with Crippen LogP contribution in [0.4, 0.5) is 8.78 Å². The number of piperazine rings is 1. The highest BCUT2D eigenvalue weighted by molar-refractivity contribution is 5.98. The Morgan fingerprint density at radius 1 is 0.886 bits per heavy atom. The summed E-state index contributed by atoms with van der Waals surface area (Å²) in [6.07, 6.45) is 1.60. The van der Waals surface area contributed by atoms with Crippen molar-refractivity contribution in [1.82, 2.24) is 19.6 Å². The maximum absolute atomic E-state index is 13.4. The number of aromatic nitrogens is 2. The molecule has 0 N–H and O–H groups in total. The zero-order chi connectivity index (χ0) is 25.1. The molecule has 0 radical (unpaired) electrons. The highest BCUT2D eigenvalue weighted by Crippen LogP contribution is 2.26. The summed E-state index contributed by atoms with van der Waals surface area (Å²) in [4.78, 5) is 29.6. The number of rotatable bonds is 6. The third kappa shape index (κ3) is 5.18. The number of para-hydroxylation sites is 1. The van der Waals surface area contributed by atoms with E-state index in [1.807, 2.05) is 45.0 Å². The molecule has 1 aromatic heterocycles. The minimum Gasteiger partial charge on any atom is -0.434 e. The smallest absolute Gasteiger partial charge is 0.387 e. The number of aryl methyl sites for hydroxylation is 1. The van der Waals surface area contributed by atoms with Crippen molar-refractivity contribution in [3.8, 4) is 11.4 Å². The molecule has 0 bridgehead atoms. The van der Waals surface area contributed by atoms with E-state index in [1.165, 1.54) is 18.2 Å². The number of hydrogen-bond acceptors (Lipinski definition) is 4. The second-order valence-electron chi connectivity index (χ2n) is 8.80. The largest absolute Gasteiger partial charge is 0.434 e. The Morgan fingerprint density at radius 3 is 2.03 bits per heavy atom. The molecule has 2 heterocycles. The van der Waals surface area contributed by atoms with Crippen molar-refractivity contribution in [3.63, 3.8) is 0 Å². The van der Waals surface area contributed by atoms with Crippen LogP contribution in [0.1, 0.15) is 51.7 Å². The standard InChI is InChI=1S/C26H28F2N4O3/c1-17(2)23-21(16-29-32(23)19-10-8-18(3)9-11-19)25(34)31-14-12-30(13-15-31)24(33)20-6-4-5-7-22(20)35-26(27)28/h4-11,16-17,26H,12-15H2,1-3H3. The lowest BCUT2D eigenvalue weighted by atomic mass is 10.0. The molecule has 1 fully saturated rings. The third-order valence-corrected chi connectivity index (χ3v) is 6.05. The number of carbonyl (C=O) groups is 2. The van der Waals surface area contributed by atoms with Crippen molar-refractivity contribution in [2.24, 2.45) is 0 Å². The van der Waals surface area contributed by atoms with E-state index in [4.69, 9.17) is 0 Å². The van der Waals surface area contributed by atoms with E-state index >= 15 is 0 Å². The van der Waals surface area contributed by atoms with Crippen molar-refractivity contribution < 1.29 is 23.1 Å². The highest BCUT2D eigenvalue weighted by Gasteiger charge is 2.30. The SMILES string of the molecule is Cc1ccc(-n2ncc(C(=O)N3CCN(C(=O)c4ccccc4OC(F)F)CC3)c2C(C)C)cc1. The number of hydrogen-bond donors (Lipinski definition) is 0. The number of nitrogens with zero attached hydrogens (tertiary/aromatic N) is 4. The first-order chi connectivity index (χ1) is 16.8. The molecule has 1 aliphatic heterocycles. The van der Waals surface area contributed by atoms with Crippen LogP contribution in [0, 0.1) is 6.92 Å². The van der Waals surface area contributed by atoms with Crippen LogP contribution in [0.5, 0.6) is 5.75 Å². The van der Waals surface area contributed by atoms with Crippen molar-refractivity contribution in [3.05, 3.63) is 77.1 Å². The average Bonchev–Trinajstić information content (AvgIpc) is 3.29. The Hall–Kier alpha value is -3.75. The summed E-state index contributed by atoms with van der Waals surface area (Å²) in [7, 11) is 0. The highest BCUT2D eigenvalue weighted by atomic mass is 19.3. The molecule has 3 aromatic rings. The fraction of sp³-hybridized carbons (Fsp3) is 0.346. The van der Waals surface area contributed by atoms with Crippen LogP contribution < -0.4 is 4.74 Å². The summed E-state index contributed by atoms with van der Waals surface area (Å²) in [5, 5.41) is 4.50. The minimum absolute atomic E-state index is 0.0620. The lowest BCUT2D eigenvalue weighted by Gasteiger charge is -2.35. The Morgan fingerprint density at radius 2 is 1.46 bits per heavy atom. The predicted octanol–water partition coefficient (Wildman–Crippen LogP) is 4.50. The van der Waals surface area contributed by atoms with Gasteiger partial charge >= 0.3 is 6.61 Å². The first kappa shape index (κ1) is 24.4. The minimum atomic E-state index is -3.02. The average molecular weight is 483 g/mol. The summed E-state index contributed by atoms with van der Waals surface area (Å²) >= 11 is 0. The lowest BCUT2D eigenvalue weighted by Crippen LogP contribution is -2.50. The number of benzene rings is 2. The van der Waals surface area contributed by atoms with Gasteiger partial charge in [0.05, 0.1) is 28.7 Å². The van der Waals surface area contributed by atoms with Gasteiger partial charge in [0.2, 0.25) is 0 Å². The number of alkyl halides is 2. The van der Waals surface area contributed by atoms with E-state index in [1.54, 1.807) is 26.7 Å². The van der Waals surface area contributed by atoms with Crippen molar-refractivity contribution in [2.75, 3.05) is 26.2 Å². The van der Waals surface area contributed by atoms with Gasteiger partial charge in [0.25, 0.3) is 11.8 Å². The summed E-state index contributed by atoms with van der Waals surface area (Å²) in [6.45, 7) is 4.27. The Labute approximate surface area is 202 Å². The molecule has 2 amide bonds. The predicted molar refractivity (Wildman–Crippen MR) is 127 cm³/mol. The molecule has 4 rings (SSSR count). The molecule has 0 unspecified atom stereocenters. The first-order valence-electron chi connectivity index (χ1n) is 11.5. The van der Waals surface area contributed by atoms with Crippen LogP contribution >= 0.6 is 0 Å². The Bertz CT molecular complexity index is 1200. The molecule has 7 nitrogen and oxygen atoms in total. The van der Waals surface area contributed by atoms with Crippen LogP contribution in [0.3, 0.4) is 0 Å². The molecular weight excluding hydrogens is 454 g/mol. The molecule has 2 aromatic carbocycles. The number of amides is 2. The van der Waals surface area contributed by atoms with Gasteiger partial charge in [0.1, 0.15) is 5.75 Å². The van der Waals surface area contributed by atoms with Crippen molar-refractivity contribution >= 4 is 11.8 Å². The second kappa shape index (κ2) is 10.2. The van der Waals surface area contributed by atoms with E-state index in [0.29, 0.717) is 18.7 Å². The van der Waals surface area contributed by atoms with Crippen LogP contribution in [-0.4, -0.2) is 64.2 Å². The van der Waals surface area contributed by atoms with Gasteiger partial charge in [-0.2, -0.15) is 13.9 Å². The summed E-state index contributed by atoms with van der Waals surface area (Å²) in [6, 6.07) is 13.9. The fourth-order valence-electron chi connectivity index (χ4n) is 4.27. The van der Waals surface area contributed by atoms with E-state index in [2.05, 4.69) is 9.84 Å². The molecule has 0 spiro atoms. The molecule has 0 aliphatic carbocycles. The molecule has 1 saturated heterocycles. The number of ether oxygens (including phenoxy) is 1. The Balaban J connectivity index is 1.48. The molecular formula is C26H28F2N4O3. The molecule has 184 valence electrons. The lowest BCUT2D eigenvalue weighted by molar-refractivity contribution is -0.0503. The van der Waals surface area contributed by atoms with Crippen LogP contribution in [-0.2, 0) is 0 Å². The van der Waals surface area contributed by atoms with Gasteiger partial charge < -0.3 is 14.5 Å². The zero-order valence-electron chi connectivity index (χ0n) is 19.9. The third-order valence-electron chi connectivity index (χ3n) is 6.05. The Kier molecular flexibility index (Phi) is 7.14. The van der Waals surface area contributed by atoms with Crippen molar-refractivity contribution in [1.29, 1.82) is 0 Å². The zero-order valence-corrected chi connectivity index (χ0v) is 19.9. The van der Waals surface area contributed by atoms with E-state index in [9.17, 15) is 18.4 Å². The molecule has 9 heteroatoms. The van der Waals surface area contributed by atoms with Gasteiger partial charge in [-0.3, -0.25) is 9.59 Å². The number of carbonyl (C=O) groups excluding carboxylic acids is 2. The second-order valence-corrected chi connectivity index (χ2v) is 8.80. The summed E-state index contributed by atoms with van der Waals surface area (Å²) < 4.78 is 31.8. The quantitative estimate of drug-likeness (QED) is 0.519. The monoisotopic (exact) mass is 482 g/mol. The topological polar surface area (TPSA) is 67.7 Å². The first-order valence-corrected chi connectivity index (χ1v) is 11.5. The maximum Gasteiger partial charge on any atom is 0.387 e. The van der Waals surface area contributed by atoms with Crippen molar-refractivity contribution in [2.45, 2.75) is 33.3 Å². The van der Waals surface area contributed by atoms with Crippen LogP contribution in [0.2, 0.25) is 0 Å². The number of halogens is 2. The van der Waals surface area contributed by atoms with Gasteiger partial charge in [-0.25, -0.2) is 4.68 Å². The van der Waals surface area contributed by atoms with Gasteiger partial charge in [0, 0.05) is 26.2 Å². The van der Waals surface area contributed by atoms with Gasteiger partial charge in [-0.05, 0) is 37.1 Å². The molecule has 1 aliphatic rings. The van der Waals surface area contributed by atoms with Crippen LogP contribution in [0.25, 0.3) is 5.69 Å². The molecule has 0 saturated carbocycles. The molecule has 0 atom stereocenters. The fourth-order valence-corrected chi connectivity index (χ4v) is 4.27. The van der Waals surface area contributed by atoms with Gasteiger partial charge in [-0.15, -0.1) is 0 Å². The van der Waals surface area contributed by atoms with E-state index in [-0.39, 0.29) is 36.2 Å². The summed E-state index contributed by atoms with van der Waals surface area (Å²) in [5.74, 6) is -0.632. The normalized spacial score (nSPS) is 14.0. The van der Waals surface area contributed by atoms with Gasteiger partial charge in [0.15, 0.2) is 0 Å².